The summed E-state index contributed by atoms with van der Waals surface area (Å²) in [7, 11) is 0. The second-order valence-electron chi connectivity index (χ2n) is 6.35. The van der Waals surface area contributed by atoms with Crippen LogP contribution in [-0.4, -0.2) is 22.4 Å². The Morgan fingerprint density at radius 3 is 1.71 bits per heavy atom. The molecule has 4 rings (SSSR count). The molecule has 0 radical (unpaired) electrons. The lowest BCUT2D eigenvalue weighted by Gasteiger charge is -2.49. The summed E-state index contributed by atoms with van der Waals surface area (Å²) in [4.78, 5) is 0. The van der Waals surface area contributed by atoms with Crippen LogP contribution in [0.1, 0.15) is 19.3 Å². The standard InChI is InChI=1S/C15H20O2/c16-14-10-3-1-2-4-11(10)15(17)13-9-6-5-8(7-9)12(13)14/h1-2,5-6,8-17H,3-4,7H2. The summed E-state index contributed by atoms with van der Waals surface area (Å²) in [5, 5.41) is 21.3. The molecule has 0 aromatic heterocycles. The van der Waals surface area contributed by atoms with Crippen molar-refractivity contribution in [3.8, 4) is 0 Å². The van der Waals surface area contributed by atoms with Gasteiger partial charge in [0.2, 0.25) is 0 Å². The van der Waals surface area contributed by atoms with E-state index in [1.165, 1.54) is 0 Å². The summed E-state index contributed by atoms with van der Waals surface area (Å²) < 4.78 is 0. The first kappa shape index (κ1) is 10.3. The lowest BCUT2D eigenvalue weighted by molar-refractivity contribution is -0.122. The van der Waals surface area contributed by atoms with Gasteiger partial charge in [-0.2, -0.15) is 0 Å². The molecule has 2 nitrogen and oxygen atoms in total. The van der Waals surface area contributed by atoms with Crippen molar-refractivity contribution in [2.45, 2.75) is 31.5 Å². The van der Waals surface area contributed by atoms with Crippen molar-refractivity contribution < 1.29 is 10.2 Å². The van der Waals surface area contributed by atoms with E-state index in [-0.39, 0.29) is 12.2 Å². The molecule has 0 amide bonds. The molecular formula is C15H20O2. The predicted octanol–water partition coefficient (Wildman–Crippen LogP) is 1.74. The highest BCUT2D eigenvalue weighted by Crippen LogP contribution is 2.58. The fraction of sp³-hybridized carbons (Fsp3) is 0.733. The molecule has 17 heavy (non-hydrogen) atoms. The smallest absolute Gasteiger partial charge is 0.0612 e. The Labute approximate surface area is 102 Å². The molecule has 2 N–H and O–H groups in total. The summed E-state index contributed by atoms with van der Waals surface area (Å²) >= 11 is 0. The van der Waals surface area contributed by atoms with Gasteiger partial charge >= 0.3 is 0 Å². The van der Waals surface area contributed by atoms with Gasteiger partial charge in [-0.15, -0.1) is 0 Å². The Bertz CT molecular complexity index is 352. The van der Waals surface area contributed by atoms with Crippen LogP contribution in [0.3, 0.4) is 0 Å². The van der Waals surface area contributed by atoms with Gasteiger partial charge < -0.3 is 10.2 Å². The van der Waals surface area contributed by atoms with E-state index < -0.39 is 0 Å². The first-order valence-electron chi connectivity index (χ1n) is 6.97. The first-order chi connectivity index (χ1) is 8.27. The van der Waals surface area contributed by atoms with Gasteiger partial charge in [-0.25, -0.2) is 0 Å². The van der Waals surface area contributed by atoms with Gasteiger partial charge in [0.05, 0.1) is 12.2 Å². The molecule has 8 unspecified atom stereocenters. The van der Waals surface area contributed by atoms with Crippen LogP contribution < -0.4 is 0 Å². The lowest BCUT2D eigenvalue weighted by atomic mass is 9.59. The maximum Gasteiger partial charge on any atom is 0.0612 e. The number of hydrogen-bond acceptors (Lipinski definition) is 2. The average Bonchev–Trinajstić information content (AvgIpc) is 2.96. The lowest BCUT2D eigenvalue weighted by Crippen LogP contribution is -2.53. The van der Waals surface area contributed by atoms with Gasteiger partial charge in [0.25, 0.3) is 0 Å². The van der Waals surface area contributed by atoms with Crippen molar-refractivity contribution in [1.82, 2.24) is 0 Å². The van der Waals surface area contributed by atoms with Gasteiger partial charge in [-0.05, 0) is 54.8 Å². The zero-order valence-corrected chi connectivity index (χ0v) is 9.94. The summed E-state index contributed by atoms with van der Waals surface area (Å²) in [6.07, 6.45) is 11.6. The minimum atomic E-state index is -0.196. The highest BCUT2D eigenvalue weighted by Gasteiger charge is 2.58. The van der Waals surface area contributed by atoms with E-state index in [0.717, 1.165) is 19.3 Å². The Morgan fingerprint density at radius 1 is 0.765 bits per heavy atom. The van der Waals surface area contributed by atoms with Crippen molar-refractivity contribution >= 4 is 0 Å². The molecule has 0 spiro atoms. The summed E-state index contributed by atoms with van der Waals surface area (Å²) in [6.45, 7) is 0. The fourth-order valence-corrected chi connectivity index (χ4v) is 5.07. The third-order valence-electron chi connectivity index (χ3n) is 5.78. The monoisotopic (exact) mass is 232 g/mol. The first-order valence-corrected chi connectivity index (χ1v) is 6.97. The van der Waals surface area contributed by atoms with Crippen LogP contribution in [0, 0.1) is 35.5 Å². The zero-order chi connectivity index (χ0) is 11.6. The van der Waals surface area contributed by atoms with Gasteiger partial charge in [0.1, 0.15) is 0 Å². The van der Waals surface area contributed by atoms with E-state index in [1.54, 1.807) is 0 Å². The maximum absolute atomic E-state index is 10.6. The molecule has 2 heteroatoms. The van der Waals surface area contributed by atoms with E-state index in [2.05, 4.69) is 24.3 Å². The van der Waals surface area contributed by atoms with E-state index in [4.69, 9.17) is 0 Å². The van der Waals surface area contributed by atoms with E-state index in [1.807, 2.05) is 0 Å². The van der Waals surface area contributed by atoms with E-state index >= 15 is 0 Å². The number of aliphatic hydroxyl groups is 2. The summed E-state index contributed by atoms with van der Waals surface area (Å²) in [5.41, 5.74) is 0. The van der Waals surface area contributed by atoms with Crippen LogP contribution in [-0.2, 0) is 0 Å². The molecule has 0 aromatic carbocycles. The van der Waals surface area contributed by atoms with Gasteiger partial charge in [0, 0.05) is 0 Å². The molecule has 4 aliphatic carbocycles. The molecule has 0 saturated heterocycles. The molecule has 92 valence electrons. The molecule has 2 saturated carbocycles. The van der Waals surface area contributed by atoms with E-state index in [9.17, 15) is 10.2 Å². The second kappa shape index (κ2) is 3.46. The summed E-state index contributed by atoms with van der Waals surface area (Å²) in [5.74, 6) is 2.30. The number of allylic oxidation sites excluding steroid dienone is 4. The molecular weight excluding hydrogens is 212 g/mol. The molecule has 0 aliphatic heterocycles. The minimum absolute atomic E-state index is 0.196. The van der Waals surface area contributed by atoms with Crippen molar-refractivity contribution in [3.05, 3.63) is 24.3 Å². The van der Waals surface area contributed by atoms with Gasteiger partial charge in [-0.3, -0.25) is 0 Å². The number of fused-ring (bicyclic) bond motifs is 6. The fourth-order valence-electron chi connectivity index (χ4n) is 5.07. The molecule has 2 fully saturated rings. The van der Waals surface area contributed by atoms with Gasteiger partial charge in [0.15, 0.2) is 0 Å². The highest BCUT2D eigenvalue weighted by molar-refractivity contribution is 5.20. The zero-order valence-electron chi connectivity index (χ0n) is 9.94. The van der Waals surface area contributed by atoms with Crippen molar-refractivity contribution in [2.75, 3.05) is 0 Å². The molecule has 8 atom stereocenters. The van der Waals surface area contributed by atoms with Crippen LogP contribution >= 0.6 is 0 Å². The minimum Gasteiger partial charge on any atom is -0.392 e. The molecule has 4 aliphatic rings. The van der Waals surface area contributed by atoms with Gasteiger partial charge in [-0.1, -0.05) is 24.3 Å². The van der Waals surface area contributed by atoms with Crippen molar-refractivity contribution in [3.63, 3.8) is 0 Å². The second-order valence-corrected chi connectivity index (χ2v) is 6.35. The normalized spacial score (nSPS) is 59.2. The van der Waals surface area contributed by atoms with Crippen molar-refractivity contribution in [2.24, 2.45) is 35.5 Å². The Balaban J connectivity index is 1.73. The average molecular weight is 232 g/mol. The maximum atomic E-state index is 10.6. The topological polar surface area (TPSA) is 40.5 Å². The van der Waals surface area contributed by atoms with Crippen LogP contribution in [0.5, 0.6) is 0 Å². The van der Waals surface area contributed by atoms with E-state index in [0.29, 0.717) is 35.5 Å². The van der Waals surface area contributed by atoms with Crippen LogP contribution in [0.15, 0.2) is 24.3 Å². The Kier molecular flexibility index (Phi) is 2.10. The number of hydrogen-bond donors (Lipinski definition) is 2. The Hall–Kier alpha value is -0.600. The third-order valence-corrected chi connectivity index (χ3v) is 5.78. The predicted molar refractivity (Wildman–Crippen MR) is 65.1 cm³/mol. The van der Waals surface area contributed by atoms with Crippen LogP contribution in [0.25, 0.3) is 0 Å². The largest absolute Gasteiger partial charge is 0.392 e. The molecule has 0 aromatic rings. The third kappa shape index (κ3) is 1.23. The quantitative estimate of drug-likeness (QED) is 0.625. The summed E-state index contributed by atoms with van der Waals surface area (Å²) in [6, 6.07) is 0. The molecule has 0 heterocycles. The van der Waals surface area contributed by atoms with Crippen LogP contribution in [0.4, 0.5) is 0 Å². The number of aliphatic hydroxyl groups excluding tert-OH is 2. The Morgan fingerprint density at radius 2 is 1.24 bits per heavy atom. The molecule has 2 bridgehead atoms. The highest BCUT2D eigenvalue weighted by atomic mass is 16.3. The van der Waals surface area contributed by atoms with Crippen LogP contribution in [0.2, 0.25) is 0 Å². The van der Waals surface area contributed by atoms with Crippen molar-refractivity contribution in [1.29, 1.82) is 0 Å². The number of rotatable bonds is 0. The SMILES string of the molecule is OC1C2CC=CCC2C(O)C2C3C=CC(C3)C12.